The Morgan fingerprint density at radius 3 is 1.92 bits per heavy atom. The fraction of sp³-hybridized carbons (Fsp3) is 0.455. The number of nitrogens with two attached hydrogens (primary N) is 2. The second kappa shape index (κ2) is 14.4. The lowest BCUT2D eigenvalue weighted by Crippen LogP contribution is -2.59. The topological polar surface area (TPSA) is 271 Å². The molecule has 1 aromatic carbocycles. The first kappa shape index (κ1) is 30.8. The van der Waals surface area contributed by atoms with Gasteiger partial charge in [0.2, 0.25) is 23.6 Å². The number of carboxylic acids is 2. The number of nitrogens with one attached hydrogen (secondary N) is 3. The summed E-state index contributed by atoms with van der Waals surface area (Å²) in [7, 11) is 0. The van der Waals surface area contributed by atoms with Crippen molar-refractivity contribution in [1.29, 1.82) is 0 Å². The molecular formula is C22H31N5O10. The van der Waals surface area contributed by atoms with Crippen molar-refractivity contribution in [2.24, 2.45) is 11.5 Å². The molecule has 11 N–H and O–H groups in total. The summed E-state index contributed by atoms with van der Waals surface area (Å²) < 4.78 is 0. The van der Waals surface area contributed by atoms with Crippen LogP contribution in [0.1, 0.15) is 31.7 Å². The summed E-state index contributed by atoms with van der Waals surface area (Å²) in [4.78, 5) is 71.8. The first-order valence-corrected chi connectivity index (χ1v) is 11.1. The van der Waals surface area contributed by atoms with Gasteiger partial charge in [-0.3, -0.25) is 24.0 Å². The number of phenols is 1. The third-order valence-electron chi connectivity index (χ3n) is 5.09. The molecule has 0 spiro atoms. The maximum atomic E-state index is 12.9. The van der Waals surface area contributed by atoms with Gasteiger partial charge in [-0.25, -0.2) is 4.79 Å². The monoisotopic (exact) mass is 525 g/mol. The van der Waals surface area contributed by atoms with Crippen LogP contribution in [-0.4, -0.2) is 86.3 Å². The maximum absolute atomic E-state index is 12.9. The van der Waals surface area contributed by atoms with Gasteiger partial charge in [-0.15, -0.1) is 0 Å². The number of aromatic hydroxyl groups is 1. The average molecular weight is 526 g/mol. The largest absolute Gasteiger partial charge is 0.508 e. The fourth-order valence-electron chi connectivity index (χ4n) is 3.12. The molecule has 5 unspecified atom stereocenters. The molecule has 0 bridgehead atoms. The van der Waals surface area contributed by atoms with E-state index in [1.165, 1.54) is 24.3 Å². The Kier molecular flexibility index (Phi) is 11.9. The molecule has 0 aromatic heterocycles. The predicted molar refractivity (Wildman–Crippen MR) is 126 cm³/mol. The molecule has 0 aliphatic heterocycles. The zero-order chi connectivity index (χ0) is 28.3. The summed E-state index contributed by atoms with van der Waals surface area (Å²) in [6, 6.07) is -0.287. The number of amides is 4. The van der Waals surface area contributed by atoms with E-state index >= 15 is 0 Å². The molecule has 0 saturated heterocycles. The van der Waals surface area contributed by atoms with Gasteiger partial charge in [0.15, 0.2) is 6.04 Å². The second-order valence-corrected chi connectivity index (χ2v) is 8.27. The van der Waals surface area contributed by atoms with Crippen LogP contribution in [-0.2, 0) is 35.2 Å². The highest BCUT2D eigenvalue weighted by atomic mass is 16.4. The van der Waals surface area contributed by atoms with Crippen LogP contribution in [0, 0.1) is 0 Å². The van der Waals surface area contributed by atoms with E-state index in [1.54, 1.807) is 0 Å². The van der Waals surface area contributed by atoms with E-state index in [-0.39, 0.29) is 12.2 Å². The van der Waals surface area contributed by atoms with Gasteiger partial charge in [0.05, 0.1) is 18.6 Å². The van der Waals surface area contributed by atoms with Crippen molar-refractivity contribution in [2.75, 3.05) is 0 Å². The molecule has 15 nitrogen and oxygen atoms in total. The third-order valence-corrected chi connectivity index (χ3v) is 5.09. The highest BCUT2D eigenvalue weighted by molar-refractivity contribution is 5.96. The Bertz CT molecular complexity index is 998. The summed E-state index contributed by atoms with van der Waals surface area (Å²) in [6.45, 7) is 1.10. The minimum absolute atomic E-state index is 0.00449. The van der Waals surface area contributed by atoms with Crippen LogP contribution in [0.2, 0.25) is 0 Å². The SMILES string of the molecule is CC(O)C(NC(=O)C(CC(N)=O)NC(=O)C(CCC(=O)O)NC(=O)C(N)Cc1ccc(O)cc1)C(=O)O. The van der Waals surface area contributed by atoms with Crippen molar-refractivity contribution in [3.8, 4) is 5.75 Å². The number of hydrogen-bond donors (Lipinski definition) is 9. The van der Waals surface area contributed by atoms with Crippen molar-refractivity contribution >= 4 is 35.6 Å². The number of aliphatic hydroxyl groups excluding tert-OH is 1. The van der Waals surface area contributed by atoms with Gasteiger partial charge in [-0.1, -0.05) is 12.1 Å². The molecule has 0 radical (unpaired) electrons. The Balaban J connectivity index is 3.01. The van der Waals surface area contributed by atoms with Gasteiger partial charge in [0.1, 0.15) is 17.8 Å². The Hall–Kier alpha value is -4.24. The van der Waals surface area contributed by atoms with Crippen molar-refractivity contribution in [2.45, 2.75) is 62.9 Å². The van der Waals surface area contributed by atoms with Crippen LogP contribution in [0.3, 0.4) is 0 Å². The number of aliphatic carboxylic acids is 2. The number of hydrogen-bond acceptors (Lipinski definition) is 9. The van der Waals surface area contributed by atoms with Crippen LogP contribution >= 0.6 is 0 Å². The summed E-state index contributed by atoms with van der Waals surface area (Å²) in [5.74, 6) is -6.94. The van der Waals surface area contributed by atoms with Gasteiger partial charge in [-0.2, -0.15) is 0 Å². The standard InChI is InChI=1S/C22H31N5O10/c1-10(28)18(22(36)37)27-21(35)15(9-16(24)30)26-20(34)14(6-7-17(31)32)25-19(33)13(23)8-11-2-4-12(29)5-3-11/h2-5,10,13-15,18,28-29H,6-9,23H2,1H3,(H2,24,30)(H,25,33)(H,26,34)(H,27,35)(H,31,32)(H,36,37). The van der Waals surface area contributed by atoms with Gasteiger partial charge in [-0.05, 0) is 37.5 Å². The molecule has 4 amide bonds. The first-order valence-electron chi connectivity index (χ1n) is 11.1. The van der Waals surface area contributed by atoms with E-state index in [0.29, 0.717) is 5.56 Å². The van der Waals surface area contributed by atoms with Crippen LogP contribution in [0.4, 0.5) is 0 Å². The molecular weight excluding hydrogens is 494 g/mol. The van der Waals surface area contributed by atoms with Crippen molar-refractivity contribution < 1.29 is 49.2 Å². The number of carbonyl (C=O) groups is 6. The number of phenolic OH excluding ortho intramolecular Hbond substituents is 1. The molecule has 0 fully saturated rings. The molecule has 1 aromatic rings. The molecule has 0 heterocycles. The molecule has 1 rings (SSSR count). The second-order valence-electron chi connectivity index (χ2n) is 8.27. The van der Waals surface area contributed by atoms with Gasteiger partial charge in [0, 0.05) is 6.42 Å². The third kappa shape index (κ3) is 10.9. The minimum atomic E-state index is -1.76. The smallest absolute Gasteiger partial charge is 0.328 e. The molecule has 0 aliphatic carbocycles. The van der Waals surface area contributed by atoms with E-state index in [2.05, 4.69) is 10.6 Å². The summed E-state index contributed by atoms with van der Waals surface area (Å²) in [6.07, 6.45) is -3.23. The number of benzene rings is 1. The number of aliphatic hydroxyl groups is 1. The molecule has 0 aliphatic rings. The minimum Gasteiger partial charge on any atom is -0.508 e. The van der Waals surface area contributed by atoms with E-state index in [9.17, 15) is 39.0 Å². The lowest BCUT2D eigenvalue weighted by atomic mass is 10.0. The molecule has 5 atom stereocenters. The average Bonchev–Trinajstić information content (AvgIpc) is 2.79. The van der Waals surface area contributed by atoms with Crippen LogP contribution in [0.15, 0.2) is 24.3 Å². The van der Waals surface area contributed by atoms with Crippen molar-refractivity contribution in [3.63, 3.8) is 0 Å². The Morgan fingerprint density at radius 2 is 1.43 bits per heavy atom. The van der Waals surface area contributed by atoms with Crippen LogP contribution in [0.5, 0.6) is 5.75 Å². The van der Waals surface area contributed by atoms with E-state index < -0.39 is 85.1 Å². The van der Waals surface area contributed by atoms with E-state index in [4.69, 9.17) is 21.7 Å². The maximum Gasteiger partial charge on any atom is 0.328 e. The van der Waals surface area contributed by atoms with Gasteiger partial charge in [0.25, 0.3) is 0 Å². The summed E-state index contributed by atoms with van der Waals surface area (Å²) in [5.41, 5.74) is 11.6. The van der Waals surface area contributed by atoms with Gasteiger partial charge >= 0.3 is 11.9 Å². The van der Waals surface area contributed by atoms with E-state index in [1.807, 2.05) is 5.32 Å². The zero-order valence-corrected chi connectivity index (χ0v) is 19.9. The lowest BCUT2D eigenvalue weighted by Gasteiger charge is -2.25. The van der Waals surface area contributed by atoms with Crippen molar-refractivity contribution in [1.82, 2.24) is 16.0 Å². The van der Waals surface area contributed by atoms with E-state index in [0.717, 1.165) is 6.92 Å². The lowest BCUT2D eigenvalue weighted by molar-refractivity contribution is -0.145. The molecule has 37 heavy (non-hydrogen) atoms. The fourth-order valence-corrected chi connectivity index (χ4v) is 3.12. The van der Waals surface area contributed by atoms with Crippen LogP contribution in [0.25, 0.3) is 0 Å². The predicted octanol–water partition coefficient (Wildman–Crippen LogP) is -3.08. The Labute approximate surface area is 211 Å². The highest BCUT2D eigenvalue weighted by Crippen LogP contribution is 2.11. The highest BCUT2D eigenvalue weighted by Gasteiger charge is 2.32. The normalized spacial score (nSPS) is 14.8. The molecule has 0 saturated carbocycles. The van der Waals surface area contributed by atoms with Crippen molar-refractivity contribution in [3.05, 3.63) is 29.8 Å². The number of carbonyl (C=O) groups excluding carboxylic acids is 4. The Morgan fingerprint density at radius 1 is 0.892 bits per heavy atom. The van der Waals surface area contributed by atoms with Crippen LogP contribution < -0.4 is 27.4 Å². The number of rotatable bonds is 15. The summed E-state index contributed by atoms with van der Waals surface area (Å²) >= 11 is 0. The number of primary amides is 1. The zero-order valence-electron chi connectivity index (χ0n) is 19.9. The number of carboxylic acid groups (broad SMARTS) is 2. The molecule has 204 valence electrons. The summed E-state index contributed by atoms with van der Waals surface area (Å²) in [5, 5.41) is 43.5. The quantitative estimate of drug-likeness (QED) is 0.111. The molecule has 15 heteroatoms. The first-order chi connectivity index (χ1) is 17.2. The van der Waals surface area contributed by atoms with Gasteiger partial charge < -0.3 is 47.8 Å².